The number of benzene rings is 3. The van der Waals surface area contributed by atoms with Gasteiger partial charge in [-0.1, -0.05) is 12.1 Å². The van der Waals surface area contributed by atoms with Gasteiger partial charge in [0, 0.05) is 17.3 Å². The van der Waals surface area contributed by atoms with Gasteiger partial charge in [0.25, 0.3) is 0 Å². The number of fused-ring (bicyclic) bond motifs is 1. The molecule has 1 aromatic heterocycles. The van der Waals surface area contributed by atoms with E-state index in [9.17, 15) is 8.42 Å². The molecule has 0 radical (unpaired) electrons. The summed E-state index contributed by atoms with van der Waals surface area (Å²) in [6, 6.07) is 19.0. The van der Waals surface area contributed by atoms with Crippen LogP contribution in [-0.4, -0.2) is 33.7 Å². The molecule has 0 atom stereocenters. The summed E-state index contributed by atoms with van der Waals surface area (Å²) in [5, 5.41) is 2.85. The number of anilines is 2. The molecule has 0 unspecified atom stereocenters. The number of oxazole rings is 1. The van der Waals surface area contributed by atoms with Gasteiger partial charge in [-0.25, -0.2) is 8.42 Å². The first-order valence-electron chi connectivity index (χ1n) is 10.6. The fourth-order valence-corrected chi connectivity index (χ4v) is 4.85. The van der Waals surface area contributed by atoms with Gasteiger partial charge in [0.2, 0.25) is 26.6 Å². The summed E-state index contributed by atoms with van der Waals surface area (Å²) in [5.41, 5.74) is 2.30. The second kappa shape index (κ2) is 8.75. The van der Waals surface area contributed by atoms with Gasteiger partial charge in [-0.05, 0) is 61.0 Å². The number of hydrogen-bond donors (Lipinski definition) is 1. The maximum absolute atomic E-state index is 13.7. The van der Waals surface area contributed by atoms with E-state index in [1.165, 1.54) is 12.1 Å². The lowest BCUT2D eigenvalue weighted by molar-refractivity contribution is 0.171. The molecule has 4 aromatic rings. The third kappa shape index (κ3) is 4.17. The van der Waals surface area contributed by atoms with Crippen LogP contribution in [0.5, 0.6) is 17.2 Å². The standard InChI is InChI=1S/C25H22N2O6S/c1-16-4-3-5-18(14-16)26-24-25(27-23(33-24)17-6-8-19(30-2)9-7-17)34(28,29)20-10-11-21-22(15-20)32-13-12-31-21/h3-11,14-15,26H,12-13H2,1-2H3. The molecule has 1 N–H and O–H groups in total. The summed E-state index contributed by atoms with van der Waals surface area (Å²) in [6.07, 6.45) is 0. The zero-order chi connectivity index (χ0) is 23.7. The van der Waals surface area contributed by atoms with Crippen LogP contribution in [-0.2, 0) is 9.84 Å². The Labute approximate surface area is 197 Å². The van der Waals surface area contributed by atoms with Crippen LogP contribution < -0.4 is 19.5 Å². The molecule has 0 spiro atoms. The average Bonchev–Trinajstić information content (AvgIpc) is 3.28. The number of aromatic nitrogens is 1. The third-order valence-corrected chi connectivity index (χ3v) is 6.95. The Morgan fingerprint density at radius 1 is 0.941 bits per heavy atom. The van der Waals surface area contributed by atoms with Crippen LogP contribution in [0.25, 0.3) is 11.5 Å². The van der Waals surface area contributed by atoms with Gasteiger partial charge in [-0.3, -0.25) is 0 Å². The Kier molecular flexibility index (Phi) is 5.62. The molecule has 5 rings (SSSR count). The van der Waals surface area contributed by atoms with Crippen molar-refractivity contribution >= 4 is 21.4 Å². The van der Waals surface area contributed by atoms with Crippen molar-refractivity contribution < 1.29 is 27.0 Å². The zero-order valence-corrected chi connectivity index (χ0v) is 19.4. The van der Waals surface area contributed by atoms with Gasteiger partial charge in [0.1, 0.15) is 19.0 Å². The van der Waals surface area contributed by atoms with Crippen molar-refractivity contribution in [2.75, 3.05) is 25.6 Å². The maximum Gasteiger partial charge on any atom is 0.238 e. The highest BCUT2D eigenvalue weighted by Gasteiger charge is 2.30. The van der Waals surface area contributed by atoms with Gasteiger partial charge < -0.3 is 23.9 Å². The molecule has 0 saturated heterocycles. The smallest absolute Gasteiger partial charge is 0.238 e. The topological polar surface area (TPSA) is 99.9 Å². The minimum Gasteiger partial charge on any atom is -0.497 e. The van der Waals surface area contributed by atoms with E-state index in [0.717, 1.165) is 5.56 Å². The highest BCUT2D eigenvalue weighted by atomic mass is 32.2. The lowest BCUT2D eigenvalue weighted by atomic mass is 10.2. The van der Waals surface area contributed by atoms with Gasteiger partial charge in [-0.2, -0.15) is 4.98 Å². The fourth-order valence-electron chi connectivity index (χ4n) is 3.58. The van der Waals surface area contributed by atoms with Crippen LogP contribution in [0.1, 0.15) is 5.56 Å². The molecule has 9 heteroatoms. The van der Waals surface area contributed by atoms with Gasteiger partial charge >= 0.3 is 0 Å². The number of nitrogens with zero attached hydrogens (tertiary/aromatic N) is 1. The number of aryl methyl sites for hydroxylation is 1. The summed E-state index contributed by atoms with van der Waals surface area (Å²) >= 11 is 0. The molecule has 0 aliphatic carbocycles. The predicted octanol–water partition coefficient (Wildman–Crippen LogP) is 5.01. The van der Waals surface area contributed by atoms with Gasteiger partial charge in [0.05, 0.1) is 12.0 Å². The lowest BCUT2D eigenvalue weighted by Crippen LogP contribution is -2.16. The van der Waals surface area contributed by atoms with E-state index in [0.29, 0.717) is 41.7 Å². The first-order chi connectivity index (χ1) is 16.4. The van der Waals surface area contributed by atoms with Gasteiger partial charge in [0.15, 0.2) is 11.5 Å². The third-order valence-electron chi connectivity index (χ3n) is 5.29. The average molecular weight is 479 g/mol. The van der Waals surface area contributed by atoms with Crippen molar-refractivity contribution in [1.82, 2.24) is 4.98 Å². The van der Waals surface area contributed by atoms with Crippen molar-refractivity contribution in [3.63, 3.8) is 0 Å². The molecular formula is C25H22N2O6S. The Morgan fingerprint density at radius 3 is 2.44 bits per heavy atom. The number of ether oxygens (including phenoxy) is 3. The maximum atomic E-state index is 13.7. The van der Waals surface area contributed by atoms with E-state index in [1.54, 1.807) is 37.4 Å². The second-order valence-corrected chi connectivity index (χ2v) is 9.55. The minimum absolute atomic E-state index is 0.0197. The largest absolute Gasteiger partial charge is 0.497 e. The van der Waals surface area contributed by atoms with Crippen molar-refractivity contribution in [1.29, 1.82) is 0 Å². The summed E-state index contributed by atoms with van der Waals surface area (Å²) in [7, 11) is -2.49. The van der Waals surface area contributed by atoms with Crippen LogP contribution in [0.4, 0.5) is 11.6 Å². The van der Waals surface area contributed by atoms with E-state index < -0.39 is 9.84 Å². The Bertz CT molecular complexity index is 1440. The Morgan fingerprint density at radius 2 is 1.71 bits per heavy atom. The number of hydrogen-bond acceptors (Lipinski definition) is 8. The van der Waals surface area contributed by atoms with Crippen LogP contribution >= 0.6 is 0 Å². The van der Waals surface area contributed by atoms with Gasteiger partial charge in [-0.15, -0.1) is 0 Å². The molecule has 1 aliphatic rings. The quantitative estimate of drug-likeness (QED) is 0.413. The van der Waals surface area contributed by atoms with Crippen LogP contribution in [0, 0.1) is 6.92 Å². The molecule has 8 nitrogen and oxygen atoms in total. The van der Waals surface area contributed by atoms with Crippen molar-refractivity contribution in [3.8, 4) is 28.7 Å². The second-order valence-electron chi connectivity index (χ2n) is 7.69. The van der Waals surface area contributed by atoms with Crippen molar-refractivity contribution in [2.24, 2.45) is 0 Å². The summed E-state index contributed by atoms with van der Waals surface area (Å²) in [4.78, 5) is 4.41. The number of methoxy groups -OCH3 is 1. The predicted molar refractivity (Wildman–Crippen MR) is 126 cm³/mol. The summed E-state index contributed by atoms with van der Waals surface area (Å²) in [5.74, 6) is 1.72. The normalized spacial score (nSPS) is 12.9. The Hall–Kier alpha value is -3.98. The molecule has 3 aromatic carbocycles. The first-order valence-corrected chi connectivity index (χ1v) is 12.1. The summed E-state index contributed by atoms with van der Waals surface area (Å²) in [6.45, 7) is 2.71. The van der Waals surface area contributed by atoms with Crippen molar-refractivity contribution in [2.45, 2.75) is 16.8 Å². The molecule has 0 saturated carbocycles. The Balaban J connectivity index is 1.60. The van der Waals surface area contributed by atoms with E-state index in [-0.39, 0.29) is 21.7 Å². The fraction of sp³-hybridized carbons (Fsp3) is 0.160. The van der Waals surface area contributed by atoms with E-state index in [2.05, 4.69) is 10.3 Å². The number of sulfone groups is 1. The lowest BCUT2D eigenvalue weighted by Gasteiger charge is -2.18. The number of rotatable bonds is 6. The molecule has 1 aliphatic heterocycles. The van der Waals surface area contributed by atoms with Crippen LogP contribution in [0.15, 0.2) is 81.1 Å². The zero-order valence-electron chi connectivity index (χ0n) is 18.6. The van der Waals surface area contributed by atoms with E-state index in [1.807, 2.05) is 31.2 Å². The molecule has 0 fully saturated rings. The van der Waals surface area contributed by atoms with Crippen LogP contribution in [0.3, 0.4) is 0 Å². The highest BCUT2D eigenvalue weighted by molar-refractivity contribution is 7.91. The first kappa shape index (κ1) is 21.8. The molecule has 0 bridgehead atoms. The molecule has 174 valence electrons. The van der Waals surface area contributed by atoms with E-state index >= 15 is 0 Å². The van der Waals surface area contributed by atoms with Crippen LogP contribution in [0.2, 0.25) is 0 Å². The molecule has 34 heavy (non-hydrogen) atoms. The molecule has 2 heterocycles. The van der Waals surface area contributed by atoms with E-state index in [4.69, 9.17) is 18.6 Å². The SMILES string of the molecule is COc1ccc(-c2nc(S(=O)(=O)c3ccc4c(c3)OCCO4)c(Nc3cccc(C)c3)o2)cc1. The molecular weight excluding hydrogens is 456 g/mol. The molecule has 0 amide bonds. The number of nitrogens with one attached hydrogen (secondary N) is 1. The monoisotopic (exact) mass is 478 g/mol. The summed E-state index contributed by atoms with van der Waals surface area (Å²) < 4.78 is 49.6. The highest BCUT2D eigenvalue weighted by Crippen LogP contribution is 2.38. The van der Waals surface area contributed by atoms with Crippen molar-refractivity contribution in [3.05, 3.63) is 72.3 Å². The minimum atomic E-state index is -4.06.